The van der Waals surface area contributed by atoms with E-state index < -0.39 is 12.0 Å². The van der Waals surface area contributed by atoms with Crippen molar-refractivity contribution in [2.24, 2.45) is 0 Å². The summed E-state index contributed by atoms with van der Waals surface area (Å²) >= 11 is 0. The van der Waals surface area contributed by atoms with Crippen LogP contribution in [-0.4, -0.2) is 18.0 Å². The van der Waals surface area contributed by atoms with E-state index in [-0.39, 0.29) is 0 Å². The van der Waals surface area contributed by atoms with Gasteiger partial charge >= 0.3 is 6.08 Å². The SMILES string of the molecule is FC(F)=C(F)N1CCCCCC1. The van der Waals surface area contributed by atoms with E-state index in [1.54, 1.807) is 0 Å². The van der Waals surface area contributed by atoms with E-state index in [0.29, 0.717) is 13.1 Å². The molecule has 4 heteroatoms. The van der Waals surface area contributed by atoms with Gasteiger partial charge in [-0.2, -0.15) is 13.2 Å². The highest BCUT2D eigenvalue weighted by molar-refractivity contribution is 4.91. The molecule has 0 bridgehead atoms. The molecule has 0 unspecified atom stereocenters. The number of rotatable bonds is 1. The van der Waals surface area contributed by atoms with E-state index in [2.05, 4.69) is 0 Å². The highest BCUT2D eigenvalue weighted by Gasteiger charge is 2.16. The standard InChI is InChI=1S/C8H12F3N/c9-7(10)8(11)12-5-3-1-2-4-6-12/h1-6H2. The second-order valence-corrected chi connectivity index (χ2v) is 2.95. The van der Waals surface area contributed by atoms with Crippen LogP contribution in [0.4, 0.5) is 13.2 Å². The molecule has 0 N–H and O–H groups in total. The average molecular weight is 179 g/mol. The molecule has 0 aromatic carbocycles. The Morgan fingerprint density at radius 1 is 0.833 bits per heavy atom. The number of halogens is 3. The first-order valence-electron chi connectivity index (χ1n) is 4.17. The largest absolute Gasteiger partial charge is 0.344 e. The predicted octanol–water partition coefficient (Wildman–Crippen LogP) is 2.90. The van der Waals surface area contributed by atoms with Crippen molar-refractivity contribution >= 4 is 0 Å². The summed E-state index contributed by atoms with van der Waals surface area (Å²) in [6.45, 7) is 0.840. The lowest BCUT2D eigenvalue weighted by atomic mass is 10.2. The molecule has 1 nitrogen and oxygen atoms in total. The second-order valence-electron chi connectivity index (χ2n) is 2.95. The van der Waals surface area contributed by atoms with Crippen molar-refractivity contribution in [3.8, 4) is 0 Å². The Morgan fingerprint density at radius 3 is 1.75 bits per heavy atom. The molecular weight excluding hydrogens is 167 g/mol. The van der Waals surface area contributed by atoms with E-state index in [1.165, 1.54) is 0 Å². The van der Waals surface area contributed by atoms with Crippen molar-refractivity contribution in [3.63, 3.8) is 0 Å². The Bertz CT molecular complexity index is 167. The molecule has 1 fully saturated rings. The highest BCUT2D eigenvalue weighted by Crippen LogP contribution is 2.19. The van der Waals surface area contributed by atoms with Gasteiger partial charge < -0.3 is 4.90 Å². The van der Waals surface area contributed by atoms with Crippen molar-refractivity contribution in [3.05, 3.63) is 12.0 Å². The zero-order valence-corrected chi connectivity index (χ0v) is 6.82. The van der Waals surface area contributed by atoms with Gasteiger partial charge in [-0.3, -0.25) is 0 Å². The molecule has 1 rings (SSSR count). The van der Waals surface area contributed by atoms with Crippen molar-refractivity contribution in [2.45, 2.75) is 25.7 Å². The smallest absolute Gasteiger partial charge is 0.322 e. The summed E-state index contributed by atoms with van der Waals surface area (Å²) in [5.74, 6) is -1.34. The van der Waals surface area contributed by atoms with Gasteiger partial charge in [0.05, 0.1) is 0 Å². The first kappa shape index (κ1) is 9.42. The first-order valence-corrected chi connectivity index (χ1v) is 4.17. The summed E-state index contributed by atoms with van der Waals surface area (Å²) < 4.78 is 36.3. The second kappa shape index (κ2) is 4.38. The molecular formula is C8H12F3N. The highest BCUT2D eigenvalue weighted by atomic mass is 19.3. The molecule has 0 aromatic heterocycles. The Labute approximate surface area is 69.9 Å². The summed E-state index contributed by atoms with van der Waals surface area (Å²) in [6, 6.07) is 0. The summed E-state index contributed by atoms with van der Waals surface area (Å²) in [7, 11) is 0. The van der Waals surface area contributed by atoms with Gasteiger partial charge in [-0.25, -0.2) is 0 Å². The van der Waals surface area contributed by atoms with Crippen LogP contribution in [0.1, 0.15) is 25.7 Å². The zero-order chi connectivity index (χ0) is 8.97. The van der Waals surface area contributed by atoms with E-state index in [9.17, 15) is 13.2 Å². The molecule has 1 saturated heterocycles. The van der Waals surface area contributed by atoms with E-state index in [4.69, 9.17) is 0 Å². The fourth-order valence-corrected chi connectivity index (χ4v) is 1.39. The predicted molar refractivity (Wildman–Crippen MR) is 40.4 cm³/mol. The van der Waals surface area contributed by atoms with Gasteiger partial charge in [0.1, 0.15) is 0 Å². The van der Waals surface area contributed by atoms with Gasteiger partial charge in [0.25, 0.3) is 5.95 Å². The summed E-state index contributed by atoms with van der Waals surface area (Å²) in [5, 5.41) is 0. The molecule has 1 heterocycles. The maximum absolute atomic E-state index is 12.6. The van der Waals surface area contributed by atoms with Crippen LogP contribution in [0.3, 0.4) is 0 Å². The lowest BCUT2D eigenvalue weighted by molar-refractivity contribution is 0.234. The number of hydrogen-bond acceptors (Lipinski definition) is 1. The van der Waals surface area contributed by atoms with Gasteiger partial charge in [-0.05, 0) is 12.8 Å². The minimum absolute atomic E-state index is 0.420. The van der Waals surface area contributed by atoms with Gasteiger partial charge in [-0.15, -0.1) is 0 Å². The molecule has 70 valence electrons. The van der Waals surface area contributed by atoms with Gasteiger partial charge in [0.15, 0.2) is 0 Å². The van der Waals surface area contributed by atoms with Gasteiger partial charge in [0.2, 0.25) is 0 Å². The third-order valence-electron chi connectivity index (χ3n) is 2.04. The molecule has 0 saturated carbocycles. The topological polar surface area (TPSA) is 3.24 Å². The Morgan fingerprint density at radius 2 is 1.33 bits per heavy atom. The van der Waals surface area contributed by atoms with Crippen molar-refractivity contribution in [1.82, 2.24) is 4.90 Å². The van der Waals surface area contributed by atoms with Crippen LogP contribution in [0, 0.1) is 0 Å². The molecule has 12 heavy (non-hydrogen) atoms. The third-order valence-corrected chi connectivity index (χ3v) is 2.04. The van der Waals surface area contributed by atoms with Crippen molar-refractivity contribution in [1.29, 1.82) is 0 Å². The van der Waals surface area contributed by atoms with Crippen LogP contribution in [0.15, 0.2) is 12.0 Å². The molecule has 1 aliphatic rings. The summed E-state index contributed by atoms with van der Waals surface area (Å²) in [4.78, 5) is 1.13. The summed E-state index contributed by atoms with van der Waals surface area (Å²) in [6.07, 6.45) is 1.44. The third kappa shape index (κ3) is 2.43. The van der Waals surface area contributed by atoms with Crippen molar-refractivity contribution in [2.75, 3.05) is 13.1 Å². The van der Waals surface area contributed by atoms with Crippen LogP contribution < -0.4 is 0 Å². The summed E-state index contributed by atoms with van der Waals surface area (Å²) in [5.41, 5.74) is 0. The average Bonchev–Trinajstić information content (AvgIpc) is 2.30. The normalized spacial score (nSPS) is 18.8. The maximum Gasteiger partial charge on any atom is 0.322 e. The van der Waals surface area contributed by atoms with Crippen LogP contribution in [0.25, 0.3) is 0 Å². The lowest BCUT2D eigenvalue weighted by Gasteiger charge is -2.18. The molecule has 1 aliphatic heterocycles. The van der Waals surface area contributed by atoms with E-state index >= 15 is 0 Å². The first-order chi connectivity index (χ1) is 5.72. The molecule has 0 amide bonds. The molecule has 0 atom stereocenters. The number of nitrogens with zero attached hydrogens (tertiary/aromatic N) is 1. The number of hydrogen-bond donors (Lipinski definition) is 0. The Hall–Kier alpha value is -0.670. The molecule has 0 aromatic rings. The monoisotopic (exact) mass is 179 g/mol. The lowest BCUT2D eigenvalue weighted by Crippen LogP contribution is -2.22. The maximum atomic E-state index is 12.6. The van der Waals surface area contributed by atoms with Crippen LogP contribution in [-0.2, 0) is 0 Å². The molecule has 0 aliphatic carbocycles. The zero-order valence-electron chi connectivity index (χ0n) is 6.82. The van der Waals surface area contributed by atoms with Crippen molar-refractivity contribution < 1.29 is 13.2 Å². The quantitative estimate of drug-likeness (QED) is 0.559. The number of likely N-dealkylation sites (tertiary alicyclic amines) is 1. The van der Waals surface area contributed by atoms with Gasteiger partial charge in [0, 0.05) is 13.1 Å². The Balaban J connectivity index is 2.54. The van der Waals surface area contributed by atoms with Crippen LogP contribution >= 0.6 is 0 Å². The van der Waals surface area contributed by atoms with Crippen LogP contribution in [0.2, 0.25) is 0 Å². The molecule has 0 spiro atoms. The molecule has 0 radical (unpaired) electrons. The minimum atomic E-state index is -2.20. The Kier molecular flexibility index (Phi) is 3.44. The fraction of sp³-hybridized carbons (Fsp3) is 0.750. The van der Waals surface area contributed by atoms with Crippen LogP contribution in [0.5, 0.6) is 0 Å². The minimum Gasteiger partial charge on any atom is -0.344 e. The van der Waals surface area contributed by atoms with E-state index in [1.807, 2.05) is 0 Å². The van der Waals surface area contributed by atoms with E-state index in [0.717, 1.165) is 30.6 Å². The van der Waals surface area contributed by atoms with Gasteiger partial charge in [-0.1, -0.05) is 12.8 Å². The fourth-order valence-electron chi connectivity index (χ4n) is 1.39.